The first kappa shape index (κ1) is 18.7. The van der Waals surface area contributed by atoms with Gasteiger partial charge in [0.15, 0.2) is 0 Å². The zero-order chi connectivity index (χ0) is 18.2. The molecule has 1 atom stereocenters. The number of carbonyl (C=O) groups is 1. The van der Waals surface area contributed by atoms with Crippen molar-refractivity contribution in [3.8, 4) is 0 Å². The molecule has 2 nitrogen and oxygen atoms in total. The fourth-order valence-corrected chi connectivity index (χ4v) is 4.00. The minimum atomic E-state index is 0.268. The Labute approximate surface area is 158 Å². The van der Waals surface area contributed by atoms with Crippen molar-refractivity contribution in [2.75, 3.05) is 6.54 Å². The van der Waals surface area contributed by atoms with Crippen LogP contribution in [0.25, 0.3) is 0 Å². The molecular weight excluding hydrogens is 318 g/mol. The SMILES string of the molecule is CCCCCCC(=O)N1CCC[C@H]1c1cccc(Cc2ccccc2)c1. The van der Waals surface area contributed by atoms with Crippen LogP contribution in [0.2, 0.25) is 0 Å². The first-order valence-corrected chi connectivity index (χ1v) is 10.2. The van der Waals surface area contributed by atoms with Gasteiger partial charge in [0.05, 0.1) is 6.04 Å². The molecule has 2 aromatic carbocycles. The van der Waals surface area contributed by atoms with Crippen molar-refractivity contribution in [2.45, 2.75) is 64.3 Å². The van der Waals surface area contributed by atoms with Gasteiger partial charge in [0.1, 0.15) is 0 Å². The molecular formula is C24H31NO. The van der Waals surface area contributed by atoms with Crippen molar-refractivity contribution >= 4 is 5.91 Å². The van der Waals surface area contributed by atoms with Crippen LogP contribution in [0.3, 0.4) is 0 Å². The van der Waals surface area contributed by atoms with E-state index in [4.69, 9.17) is 0 Å². The van der Waals surface area contributed by atoms with Crippen LogP contribution in [-0.2, 0) is 11.2 Å². The molecule has 0 aliphatic carbocycles. The molecule has 26 heavy (non-hydrogen) atoms. The van der Waals surface area contributed by atoms with Crippen molar-refractivity contribution in [2.24, 2.45) is 0 Å². The number of benzene rings is 2. The lowest BCUT2D eigenvalue weighted by Gasteiger charge is -2.25. The van der Waals surface area contributed by atoms with Crippen molar-refractivity contribution < 1.29 is 4.79 Å². The zero-order valence-corrected chi connectivity index (χ0v) is 16.0. The van der Waals surface area contributed by atoms with Crippen LogP contribution < -0.4 is 0 Å². The number of amides is 1. The maximum Gasteiger partial charge on any atom is 0.223 e. The van der Waals surface area contributed by atoms with Gasteiger partial charge in [-0.2, -0.15) is 0 Å². The summed E-state index contributed by atoms with van der Waals surface area (Å²) >= 11 is 0. The topological polar surface area (TPSA) is 20.3 Å². The minimum absolute atomic E-state index is 0.268. The zero-order valence-electron chi connectivity index (χ0n) is 16.0. The molecule has 3 rings (SSSR count). The number of hydrogen-bond acceptors (Lipinski definition) is 1. The van der Waals surface area contributed by atoms with Crippen molar-refractivity contribution in [1.82, 2.24) is 4.90 Å². The van der Waals surface area contributed by atoms with Crippen LogP contribution in [-0.4, -0.2) is 17.4 Å². The van der Waals surface area contributed by atoms with Crippen LogP contribution in [0, 0.1) is 0 Å². The monoisotopic (exact) mass is 349 g/mol. The molecule has 0 saturated carbocycles. The van der Waals surface area contributed by atoms with Gasteiger partial charge in [0, 0.05) is 13.0 Å². The molecule has 1 amide bonds. The van der Waals surface area contributed by atoms with E-state index in [1.54, 1.807) is 0 Å². The lowest BCUT2D eigenvalue weighted by atomic mass is 9.98. The Balaban J connectivity index is 1.65. The second-order valence-electron chi connectivity index (χ2n) is 7.46. The molecule has 0 unspecified atom stereocenters. The molecule has 2 heteroatoms. The molecule has 0 bridgehead atoms. The average Bonchev–Trinajstić information content (AvgIpc) is 3.16. The van der Waals surface area contributed by atoms with Gasteiger partial charge in [-0.05, 0) is 42.4 Å². The number of hydrogen-bond donors (Lipinski definition) is 0. The van der Waals surface area contributed by atoms with Crippen molar-refractivity contribution in [3.63, 3.8) is 0 Å². The summed E-state index contributed by atoms with van der Waals surface area (Å²) in [5.74, 6) is 0.345. The standard InChI is InChI=1S/C24H31NO/c1-2-3-4-8-16-24(26)25-17-10-15-23(25)22-14-9-13-21(19-22)18-20-11-6-5-7-12-20/h5-7,9,11-14,19,23H,2-4,8,10,15-18H2,1H3/t23-/m0/s1. The van der Waals surface area contributed by atoms with Crippen LogP contribution in [0.5, 0.6) is 0 Å². The second-order valence-corrected chi connectivity index (χ2v) is 7.46. The van der Waals surface area contributed by atoms with Crippen molar-refractivity contribution in [1.29, 1.82) is 0 Å². The highest BCUT2D eigenvalue weighted by Gasteiger charge is 2.29. The van der Waals surface area contributed by atoms with E-state index in [9.17, 15) is 4.79 Å². The smallest absolute Gasteiger partial charge is 0.223 e. The van der Waals surface area contributed by atoms with Crippen LogP contribution in [0.1, 0.15) is 74.6 Å². The lowest BCUT2D eigenvalue weighted by Crippen LogP contribution is -2.30. The van der Waals surface area contributed by atoms with E-state index in [0.29, 0.717) is 12.3 Å². The van der Waals surface area contributed by atoms with Gasteiger partial charge >= 0.3 is 0 Å². The molecule has 138 valence electrons. The highest BCUT2D eigenvalue weighted by molar-refractivity contribution is 5.77. The summed E-state index contributed by atoms with van der Waals surface area (Å²) in [6.07, 6.45) is 8.53. The number of rotatable bonds is 8. The molecule has 0 N–H and O–H groups in total. The highest BCUT2D eigenvalue weighted by atomic mass is 16.2. The fourth-order valence-electron chi connectivity index (χ4n) is 4.00. The molecule has 1 fully saturated rings. The third kappa shape index (κ3) is 4.97. The first-order valence-electron chi connectivity index (χ1n) is 10.2. The van der Waals surface area contributed by atoms with Crippen molar-refractivity contribution in [3.05, 3.63) is 71.3 Å². The Kier molecular flexibility index (Phi) is 6.88. The van der Waals surface area contributed by atoms with Crippen LogP contribution in [0.4, 0.5) is 0 Å². The second kappa shape index (κ2) is 9.56. The number of likely N-dealkylation sites (tertiary alicyclic amines) is 1. The normalized spacial score (nSPS) is 16.8. The summed E-state index contributed by atoms with van der Waals surface area (Å²) in [4.78, 5) is 14.8. The van der Waals surface area contributed by atoms with E-state index < -0.39 is 0 Å². The molecule has 2 aromatic rings. The Hall–Kier alpha value is -2.09. The predicted octanol–water partition coefficient (Wildman–Crippen LogP) is 5.91. The van der Waals surface area contributed by atoms with E-state index in [-0.39, 0.29) is 6.04 Å². The Morgan fingerprint density at radius 2 is 1.81 bits per heavy atom. The van der Waals surface area contributed by atoms with E-state index >= 15 is 0 Å². The highest BCUT2D eigenvalue weighted by Crippen LogP contribution is 2.33. The average molecular weight is 350 g/mol. The molecule has 0 spiro atoms. The predicted molar refractivity (Wildman–Crippen MR) is 108 cm³/mol. The molecule has 1 aliphatic heterocycles. The third-order valence-corrected chi connectivity index (χ3v) is 5.40. The fraction of sp³-hybridized carbons (Fsp3) is 0.458. The maximum atomic E-state index is 12.7. The molecule has 1 aliphatic rings. The van der Waals surface area contributed by atoms with E-state index in [1.165, 1.54) is 36.0 Å². The molecule has 0 radical (unpaired) electrons. The number of carbonyl (C=O) groups excluding carboxylic acids is 1. The quantitative estimate of drug-likeness (QED) is 0.542. The van der Waals surface area contributed by atoms with Gasteiger partial charge in [-0.3, -0.25) is 4.79 Å². The third-order valence-electron chi connectivity index (χ3n) is 5.40. The molecule has 1 heterocycles. The summed E-state index contributed by atoms with van der Waals surface area (Å²) in [6, 6.07) is 19.7. The maximum absolute atomic E-state index is 12.7. The first-order chi connectivity index (χ1) is 12.8. The lowest BCUT2D eigenvalue weighted by molar-refractivity contribution is -0.132. The van der Waals surface area contributed by atoms with Gasteiger partial charge in [0.25, 0.3) is 0 Å². The Morgan fingerprint density at radius 3 is 2.62 bits per heavy atom. The summed E-state index contributed by atoms with van der Waals surface area (Å²) in [5.41, 5.74) is 3.97. The Bertz CT molecular complexity index is 694. The van der Waals surface area contributed by atoms with E-state index in [0.717, 1.165) is 32.2 Å². The summed E-state index contributed by atoms with van der Waals surface area (Å²) < 4.78 is 0. The van der Waals surface area contributed by atoms with Crippen LogP contribution in [0.15, 0.2) is 54.6 Å². The summed E-state index contributed by atoms with van der Waals surface area (Å²) in [5, 5.41) is 0. The summed E-state index contributed by atoms with van der Waals surface area (Å²) in [7, 11) is 0. The summed E-state index contributed by atoms with van der Waals surface area (Å²) in [6.45, 7) is 3.13. The van der Waals surface area contributed by atoms with Gasteiger partial charge in [-0.15, -0.1) is 0 Å². The van der Waals surface area contributed by atoms with Gasteiger partial charge < -0.3 is 4.90 Å². The van der Waals surface area contributed by atoms with E-state index in [1.807, 2.05) is 0 Å². The largest absolute Gasteiger partial charge is 0.336 e. The molecule has 0 aromatic heterocycles. The minimum Gasteiger partial charge on any atom is -0.336 e. The van der Waals surface area contributed by atoms with Gasteiger partial charge in [0.2, 0.25) is 5.91 Å². The number of unbranched alkanes of at least 4 members (excludes halogenated alkanes) is 3. The molecule has 1 saturated heterocycles. The van der Waals surface area contributed by atoms with E-state index in [2.05, 4.69) is 66.4 Å². The van der Waals surface area contributed by atoms with Gasteiger partial charge in [-0.1, -0.05) is 80.8 Å². The van der Waals surface area contributed by atoms with Crippen LogP contribution >= 0.6 is 0 Å². The van der Waals surface area contributed by atoms with Gasteiger partial charge in [-0.25, -0.2) is 0 Å². The Morgan fingerprint density at radius 1 is 1.00 bits per heavy atom. The number of nitrogens with zero attached hydrogens (tertiary/aromatic N) is 1.